The minimum atomic E-state index is -0.240. The van der Waals surface area contributed by atoms with Gasteiger partial charge in [0.1, 0.15) is 5.60 Å². The van der Waals surface area contributed by atoms with E-state index in [1.807, 2.05) is 0 Å². The fourth-order valence-electron chi connectivity index (χ4n) is 4.22. The summed E-state index contributed by atoms with van der Waals surface area (Å²) in [7, 11) is 0. The molecule has 0 unspecified atom stereocenters. The van der Waals surface area contributed by atoms with Crippen LogP contribution in [0.25, 0.3) is 0 Å². The van der Waals surface area contributed by atoms with Crippen LogP contribution < -0.4 is 0 Å². The van der Waals surface area contributed by atoms with E-state index in [9.17, 15) is 5.11 Å². The molecule has 0 amide bonds. The van der Waals surface area contributed by atoms with E-state index in [-0.39, 0.29) is 17.1 Å². The van der Waals surface area contributed by atoms with Gasteiger partial charge in [0.2, 0.25) is 0 Å². The molecule has 3 aliphatic rings. The van der Waals surface area contributed by atoms with Crippen LogP contribution in [0.5, 0.6) is 0 Å². The molecule has 0 bridgehead atoms. The Morgan fingerprint density at radius 3 is 2.59 bits per heavy atom. The molecule has 1 heterocycles. The molecule has 0 aromatic carbocycles. The zero-order valence-electron chi connectivity index (χ0n) is 11.3. The number of hydrogen-bond acceptors (Lipinski definition) is 2. The predicted molar refractivity (Wildman–Crippen MR) is 67.7 cm³/mol. The first kappa shape index (κ1) is 11.7. The van der Waals surface area contributed by atoms with Gasteiger partial charge < -0.3 is 9.84 Å². The second kappa shape index (κ2) is 3.36. The third kappa shape index (κ3) is 1.34. The summed E-state index contributed by atoms with van der Waals surface area (Å²) in [6, 6.07) is 0. The Morgan fingerprint density at radius 1 is 1.35 bits per heavy atom. The predicted octanol–water partition coefficient (Wildman–Crippen LogP) is 3.05. The van der Waals surface area contributed by atoms with Crippen LogP contribution in [0.3, 0.4) is 0 Å². The van der Waals surface area contributed by atoms with E-state index in [4.69, 9.17) is 4.74 Å². The molecule has 1 spiro atoms. The van der Waals surface area contributed by atoms with Crippen LogP contribution >= 0.6 is 0 Å². The average molecular weight is 236 g/mol. The van der Waals surface area contributed by atoms with Gasteiger partial charge in [0.25, 0.3) is 0 Å². The lowest BCUT2D eigenvalue weighted by atomic mass is 9.55. The van der Waals surface area contributed by atoms with Crippen molar-refractivity contribution >= 4 is 0 Å². The van der Waals surface area contributed by atoms with Gasteiger partial charge in [-0.2, -0.15) is 0 Å². The van der Waals surface area contributed by atoms with Crippen molar-refractivity contribution in [3.63, 3.8) is 0 Å². The Hall–Kier alpha value is -0.340. The molecule has 0 aromatic heterocycles. The molecule has 2 heteroatoms. The lowest BCUT2D eigenvalue weighted by Gasteiger charge is -2.49. The van der Waals surface area contributed by atoms with Crippen LogP contribution in [0.15, 0.2) is 11.6 Å². The number of aliphatic hydroxyl groups excluding tert-OH is 1. The van der Waals surface area contributed by atoms with Gasteiger partial charge in [-0.15, -0.1) is 0 Å². The molecule has 1 N–H and O–H groups in total. The van der Waals surface area contributed by atoms with E-state index in [1.165, 1.54) is 18.4 Å². The highest BCUT2D eigenvalue weighted by molar-refractivity contribution is 5.22. The second-order valence-corrected chi connectivity index (χ2v) is 6.88. The van der Waals surface area contributed by atoms with Crippen molar-refractivity contribution in [3.05, 3.63) is 11.6 Å². The van der Waals surface area contributed by atoms with Crippen LogP contribution in [0, 0.1) is 10.8 Å². The summed E-state index contributed by atoms with van der Waals surface area (Å²) in [6.45, 7) is 7.75. The Morgan fingerprint density at radius 2 is 2.06 bits per heavy atom. The van der Waals surface area contributed by atoms with Crippen LogP contribution in [0.1, 0.15) is 52.9 Å². The highest BCUT2D eigenvalue weighted by Gasteiger charge is 2.71. The maximum absolute atomic E-state index is 10.2. The molecular formula is C15H24O2. The topological polar surface area (TPSA) is 32.8 Å². The molecule has 96 valence electrons. The normalized spacial score (nSPS) is 53.9. The van der Waals surface area contributed by atoms with Crippen LogP contribution in [-0.2, 0) is 4.74 Å². The summed E-state index contributed by atoms with van der Waals surface area (Å²) >= 11 is 0. The number of epoxide rings is 1. The Labute approximate surface area is 104 Å². The van der Waals surface area contributed by atoms with Gasteiger partial charge in [-0.1, -0.05) is 25.5 Å². The second-order valence-electron chi connectivity index (χ2n) is 6.88. The quantitative estimate of drug-likeness (QED) is 0.560. The summed E-state index contributed by atoms with van der Waals surface area (Å²) in [5, 5.41) is 10.2. The van der Waals surface area contributed by atoms with Gasteiger partial charge >= 0.3 is 0 Å². The van der Waals surface area contributed by atoms with Crippen LogP contribution in [0.4, 0.5) is 0 Å². The smallest absolute Gasteiger partial charge is 0.123 e. The van der Waals surface area contributed by atoms with E-state index >= 15 is 0 Å². The third-order valence-corrected chi connectivity index (χ3v) is 6.15. The SMILES string of the molecule is CC1=CC[C@@](C)([C@@]2(C)CC[C@@H](O)[C@@]23CO3)CC1. The Balaban J connectivity index is 1.93. The van der Waals surface area contributed by atoms with Gasteiger partial charge in [0.05, 0.1) is 12.7 Å². The number of rotatable bonds is 1. The summed E-state index contributed by atoms with van der Waals surface area (Å²) in [5.74, 6) is 0. The Bertz CT molecular complexity index is 369. The van der Waals surface area contributed by atoms with Gasteiger partial charge in [0, 0.05) is 5.41 Å². The minimum Gasteiger partial charge on any atom is -0.390 e. The molecule has 3 rings (SSSR count). The zero-order valence-corrected chi connectivity index (χ0v) is 11.3. The first-order valence-electron chi connectivity index (χ1n) is 6.91. The fraction of sp³-hybridized carbons (Fsp3) is 0.867. The third-order valence-electron chi connectivity index (χ3n) is 6.15. The first-order chi connectivity index (χ1) is 7.94. The van der Waals surface area contributed by atoms with Gasteiger partial charge in [-0.3, -0.25) is 0 Å². The van der Waals surface area contributed by atoms with E-state index in [2.05, 4.69) is 26.8 Å². The molecule has 17 heavy (non-hydrogen) atoms. The molecule has 2 nitrogen and oxygen atoms in total. The average Bonchev–Trinajstić information content (AvgIpc) is 3.06. The lowest BCUT2D eigenvalue weighted by molar-refractivity contribution is -0.0371. The summed E-state index contributed by atoms with van der Waals surface area (Å²) in [5.41, 5.74) is 1.76. The maximum atomic E-state index is 10.2. The largest absolute Gasteiger partial charge is 0.390 e. The molecule has 2 aliphatic carbocycles. The maximum Gasteiger partial charge on any atom is 0.123 e. The van der Waals surface area contributed by atoms with Gasteiger partial charge in [0.15, 0.2) is 0 Å². The monoisotopic (exact) mass is 236 g/mol. The van der Waals surface area contributed by atoms with E-state index in [1.54, 1.807) is 0 Å². The van der Waals surface area contributed by atoms with Crippen molar-refractivity contribution in [2.75, 3.05) is 6.61 Å². The number of allylic oxidation sites excluding steroid dienone is 2. The Kier molecular flexibility index (Phi) is 2.32. The summed E-state index contributed by atoms with van der Waals surface area (Å²) < 4.78 is 5.76. The number of hydrogen-bond donors (Lipinski definition) is 1. The van der Waals surface area contributed by atoms with Crippen molar-refractivity contribution in [1.82, 2.24) is 0 Å². The molecule has 0 aromatic rings. The molecule has 2 fully saturated rings. The summed E-state index contributed by atoms with van der Waals surface area (Å²) in [4.78, 5) is 0. The molecule has 1 saturated heterocycles. The first-order valence-corrected chi connectivity index (χ1v) is 6.91. The highest BCUT2D eigenvalue weighted by Crippen LogP contribution is 2.66. The fourth-order valence-corrected chi connectivity index (χ4v) is 4.22. The van der Waals surface area contributed by atoms with Crippen molar-refractivity contribution in [1.29, 1.82) is 0 Å². The van der Waals surface area contributed by atoms with Crippen molar-refractivity contribution in [2.24, 2.45) is 10.8 Å². The molecule has 1 saturated carbocycles. The molecular weight excluding hydrogens is 212 g/mol. The highest BCUT2D eigenvalue weighted by atomic mass is 16.6. The molecule has 0 radical (unpaired) electrons. The van der Waals surface area contributed by atoms with Crippen molar-refractivity contribution < 1.29 is 9.84 Å². The van der Waals surface area contributed by atoms with Crippen molar-refractivity contribution in [2.45, 2.75) is 64.6 Å². The van der Waals surface area contributed by atoms with Gasteiger partial charge in [-0.25, -0.2) is 0 Å². The number of aliphatic hydroxyl groups is 1. The lowest BCUT2D eigenvalue weighted by Crippen LogP contribution is -2.49. The van der Waals surface area contributed by atoms with E-state index in [0.29, 0.717) is 5.41 Å². The zero-order chi connectivity index (χ0) is 12.3. The van der Waals surface area contributed by atoms with E-state index in [0.717, 1.165) is 25.9 Å². The molecule has 4 atom stereocenters. The van der Waals surface area contributed by atoms with Crippen LogP contribution in [0.2, 0.25) is 0 Å². The van der Waals surface area contributed by atoms with Crippen LogP contribution in [-0.4, -0.2) is 23.4 Å². The molecule has 1 aliphatic heterocycles. The minimum absolute atomic E-state index is 0.149. The standard InChI is InChI=1S/C15H24O2/c1-11-4-7-13(2,8-5-11)14(3)9-6-12(16)15(14)10-17-15/h4,12,16H,5-10H2,1-3H3/t12-,13-,14-,15+/m1/s1. The van der Waals surface area contributed by atoms with E-state index < -0.39 is 0 Å². The van der Waals surface area contributed by atoms with Crippen molar-refractivity contribution in [3.8, 4) is 0 Å². The van der Waals surface area contributed by atoms with Gasteiger partial charge in [-0.05, 0) is 44.4 Å². The summed E-state index contributed by atoms with van der Waals surface area (Å²) in [6.07, 6.45) is 7.77. The number of ether oxygens (including phenoxy) is 1.